The van der Waals surface area contributed by atoms with Crippen LogP contribution in [-0.2, 0) is 9.59 Å². The van der Waals surface area contributed by atoms with Crippen LogP contribution in [0.25, 0.3) is 0 Å². The molecule has 0 aromatic heterocycles. The zero-order valence-corrected chi connectivity index (χ0v) is 16.0. The highest BCUT2D eigenvalue weighted by Crippen LogP contribution is 2.48. The number of carbonyl (C=O) groups excluding carboxylic acids is 2. The molecular formula is C21H22ClNO4. The van der Waals surface area contributed by atoms with Gasteiger partial charge in [0.15, 0.2) is 17.3 Å². The second-order valence-electron chi connectivity index (χ2n) is 7.30. The van der Waals surface area contributed by atoms with E-state index in [1.807, 2.05) is 6.92 Å². The van der Waals surface area contributed by atoms with Crippen LogP contribution in [0.5, 0.6) is 11.5 Å². The van der Waals surface area contributed by atoms with Crippen LogP contribution in [0.15, 0.2) is 28.4 Å². The molecule has 27 heavy (non-hydrogen) atoms. The molecule has 6 heteroatoms. The summed E-state index contributed by atoms with van der Waals surface area (Å²) in [7, 11) is 0. The molecule has 2 unspecified atom stereocenters. The van der Waals surface area contributed by atoms with E-state index in [0.717, 1.165) is 42.7 Å². The average Bonchev–Trinajstić information content (AvgIpc) is 2.64. The number of phenols is 1. The highest BCUT2D eigenvalue weighted by Gasteiger charge is 2.44. The van der Waals surface area contributed by atoms with Gasteiger partial charge in [-0.3, -0.25) is 14.6 Å². The molecule has 1 aromatic rings. The van der Waals surface area contributed by atoms with Gasteiger partial charge in [-0.25, -0.2) is 0 Å². The first kappa shape index (κ1) is 18.2. The Kier molecular flexibility index (Phi) is 4.81. The minimum Gasteiger partial charge on any atom is -0.503 e. The fourth-order valence-corrected chi connectivity index (χ4v) is 4.72. The normalized spacial score (nSPS) is 25.0. The number of ether oxygens (including phenoxy) is 1. The summed E-state index contributed by atoms with van der Waals surface area (Å²) in [5.41, 5.74) is 3.08. The SMILES string of the molecule is CCOc1cc(C2C3=C(CCCC3=O)N=C3CCCC(=O)C32)cc(Cl)c1O. The smallest absolute Gasteiger partial charge is 0.176 e. The van der Waals surface area contributed by atoms with Crippen molar-refractivity contribution in [2.24, 2.45) is 10.9 Å². The summed E-state index contributed by atoms with van der Waals surface area (Å²) in [5, 5.41) is 10.4. The fourth-order valence-electron chi connectivity index (χ4n) is 4.50. The topological polar surface area (TPSA) is 76.0 Å². The molecule has 1 saturated carbocycles. The number of fused-ring (bicyclic) bond motifs is 1. The summed E-state index contributed by atoms with van der Waals surface area (Å²) in [6, 6.07) is 3.37. The lowest BCUT2D eigenvalue weighted by molar-refractivity contribution is -0.122. The number of carbonyl (C=O) groups is 2. The molecule has 0 spiro atoms. The number of Topliss-reactive ketones (excluding diaryl/α,β-unsaturated/α-hetero) is 2. The lowest BCUT2D eigenvalue weighted by atomic mass is 9.67. The lowest BCUT2D eigenvalue weighted by Gasteiger charge is -2.38. The zero-order valence-electron chi connectivity index (χ0n) is 15.3. The first-order valence-electron chi connectivity index (χ1n) is 9.52. The minimum absolute atomic E-state index is 0.0598. The maximum absolute atomic E-state index is 12.8. The van der Waals surface area contributed by atoms with E-state index in [-0.39, 0.29) is 28.1 Å². The number of allylic oxidation sites excluding steroid dienone is 2. The van der Waals surface area contributed by atoms with Gasteiger partial charge in [0, 0.05) is 35.7 Å². The van der Waals surface area contributed by atoms with Crippen LogP contribution in [0.1, 0.15) is 56.9 Å². The third-order valence-electron chi connectivity index (χ3n) is 5.62. The molecule has 5 nitrogen and oxygen atoms in total. The number of hydrogen-bond donors (Lipinski definition) is 1. The van der Waals surface area contributed by atoms with E-state index in [9.17, 15) is 14.7 Å². The first-order valence-corrected chi connectivity index (χ1v) is 9.90. The van der Waals surface area contributed by atoms with Gasteiger partial charge >= 0.3 is 0 Å². The van der Waals surface area contributed by atoms with Crippen molar-refractivity contribution >= 4 is 28.9 Å². The monoisotopic (exact) mass is 387 g/mol. The van der Waals surface area contributed by atoms with Gasteiger partial charge in [-0.15, -0.1) is 0 Å². The molecule has 142 valence electrons. The zero-order chi connectivity index (χ0) is 19.1. The van der Waals surface area contributed by atoms with Gasteiger partial charge in [-0.1, -0.05) is 11.6 Å². The van der Waals surface area contributed by atoms with Gasteiger partial charge in [0.25, 0.3) is 0 Å². The molecule has 0 saturated heterocycles. The molecule has 2 atom stereocenters. The molecule has 0 bridgehead atoms. The van der Waals surface area contributed by atoms with Gasteiger partial charge < -0.3 is 9.84 Å². The second-order valence-corrected chi connectivity index (χ2v) is 7.71. The van der Waals surface area contributed by atoms with Crippen LogP contribution >= 0.6 is 11.6 Å². The van der Waals surface area contributed by atoms with Gasteiger partial charge in [-0.05, 0) is 50.3 Å². The maximum Gasteiger partial charge on any atom is 0.176 e. The van der Waals surface area contributed by atoms with Crippen molar-refractivity contribution in [3.8, 4) is 11.5 Å². The molecule has 3 aliphatic rings. The quantitative estimate of drug-likeness (QED) is 0.836. The number of aromatic hydroxyl groups is 1. The predicted molar refractivity (Wildman–Crippen MR) is 103 cm³/mol. The molecule has 4 rings (SSSR count). The molecule has 1 N–H and O–H groups in total. The summed E-state index contributed by atoms with van der Waals surface area (Å²) >= 11 is 6.25. The number of rotatable bonds is 3. The molecule has 1 fully saturated rings. The van der Waals surface area contributed by atoms with Gasteiger partial charge in [0.05, 0.1) is 17.5 Å². The molecule has 2 aliphatic carbocycles. The summed E-state index contributed by atoms with van der Waals surface area (Å²) in [5.74, 6) is -0.481. The van der Waals surface area contributed by atoms with Crippen molar-refractivity contribution in [3.63, 3.8) is 0 Å². The Morgan fingerprint density at radius 3 is 2.70 bits per heavy atom. The van der Waals surface area contributed by atoms with E-state index in [2.05, 4.69) is 0 Å². The number of hydrogen-bond acceptors (Lipinski definition) is 5. The Morgan fingerprint density at radius 1 is 1.15 bits per heavy atom. The Hall–Kier alpha value is -2.14. The van der Waals surface area contributed by atoms with Crippen LogP contribution in [0.4, 0.5) is 0 Å². The van der Waals surface area contributed by atoms with E-state index in [4.69, 9.17) is 21.3 Å². The number of ketones is 2. The third-order valence-corrected chi connectivity index (χ3v) is 5.91. The van der Waals surface area contributed by atoms with Gasteiger partial charge in [0.1, 0.15) is 5.78 Å². The third kappa shape index (κ3) is 3.08. The maximum atomic E-state index is 12.8. The number of benzene rings is 1. The summed E-state index contributed by atoms with van der Waals surface area (Å²) in [6.45, 7) is 2.20. The van der Waals surface area contributed by atoms with Gasteiger partial charge in [-0.2, -0.15) is 0 Å². The molecule has 1 heterocycles. The van der Waals surface area contributed by atoms with E-state index in [1.165, 1.54) is 0 Å². The van der Waals surface area contributed by atoms with Gasteiger partial charge in [0.2, 0.25) is 0 Å². The average molecular weight is 388 g/mol. The Balaban J connectivity index is 1.90. The van der Waals surface area contributed by atoms with Crippen molar-refractivity contribution in [1.82, 2.24) is 0 Å². The number of phenolic OH excluding ortho intramolecular Hbond substituents is 1. The van der Waals surface area contributed by atoms with Crippen LogP contribution in [0.3, 0.4) is 0 Å². The van der Waals surface area contributed by atoms with Crippen molar-refractivity contribution in [3.05, 3.63) is 34.0 Å². The van der Waals surface area contributed by atoms with Crippen molar-refractivity contribution < 1.29 is 19.4 Å². The van der Waals surface area contributed by atoms with Crippen molar-refractivity contribution in [1.29, 1.82) is 0 Å². The van der Waals surface area contributed by atoms with E-state index in [0.29, 0.717) is 25.0 Å². The summed E-state index contributed by atoms with van der Waals surface area (Å²) < 4.78 is 5.52. The predicted octanol–water partition coefficient (Wildman–Crippen LogP) is 4.36. The van der Waals surface area contributed by atoms with E-state index < -0.39 is 11.8 Å². The highest BCUT2D eigenvalue weighted by molar-refractivity contribution is 6.32. The van der Waals surface area contributed by atoms with Crippen molar-refractivity contribution in [2.45, 2.75) is 51.4 Å². The summed E-state index contributed by atoms with van der Waals surface area (Å²) in [4.78, 5) is 30.4. The standard InChI is InChI=1S/C21H22ClNO4/c1-2-27-17-10-11(9-12(22)21(17)26)18-19-13(5-3-7-15(19)24)23-14-6-4-8-16(25)20(14)18/h9-10,18-19,26H,2-8H2,1H3. The Labute approximate surface area is 163 Å². The van der Waals surface area contributed by atoms with E-state index in [1.54, 1.807) is 12.1 Å². The molecule has 0 radical (unpaired) electrons. The van der Waals surface area contributed by atoms with Crippen LogP contribution in [0, 0.1) is 5.92 Å². The lowest BCUT2D eigenvalue weighted by Crippen LogP contribution is -2.39. The largest absolute Gasteiger partial charge is 0.503 e. The van der Waals surface area contributed by atoms with Crippen molar-refractivity contribution in [2.75, 3.05) is 6.61 Å². The van der Waals surface area contributed by atoms with Crippen LogP contribution in [0.2, 0.25) is 5.02 Å². The molecule has 1 aliphatic heterocycles. The Bertz CT molecular complexity index is 886. The number of aliphatic imine (C=N–C) groups is 1. The minimum atomic E-state index is -0.422. The summed E-state index contributed by atoms with van der Waals surface area (Å²) in [6.07, 6.45) is 4.11. The molecule has 0 amide bonds. The second kappa shape index (κ2) is 7.12. The Morgan fingerprint density at radius 2 is 1.93 bits per heavy atom. The fraction of sp³-hybridized carbons (Fsp3) is 0.476. The number of halogens is 1. The highest BCUT2D eigenvalue weighted by atomic mass is 35.5. The van der Waals surface area contributed by atoms with E-state index >= 15 is 0 Å². The first-order chi connectivity index (χ1) is 13.0. The van der Waals surface area contributed by atoms with Crippen LogP contribution < -0.4 is 4.74 Å². The number of nitrogens with zero attached hydrogens (tertiary/aromatic N) is 1. The molecule has 1 aromatic carbocycles. The van der Waals surface area contributed by atoms with Crippen LogP contribution in [-0.4, -0.2) is 29.0 Å². The molecular weight excluding hydrogens is 366 g/mol.